The van der Waals surface area contributed by atoms with Crippen LogP contribution in [0.25, 0.3) is 6.08 Å². The SMILES string of the molecule is COc1cc(/C=C/C(=O)Oc2ccc(C(=O)c3ccccc3)cc2C)ccc1OCc1ccc(Cl)cc1. The van der Waals surface area contributed by atoms with E-state index in [1.54, 1.807) is 62.6 Å². The number of halogens is 1. The van der Waals surface area contributed by atoms with E-state index in [9.17, 15) is 9.59 Å². The number of methoxy groups -OCH3 is 1. The van der Waals surface area contributed by atoms with Crippen LogP contribution in [0.15, 0.2) is 97.1 Å². The van der Waals surface area contributed by atoms with Crippen LogP contribution in [0.3, 0.4) is 0 Å². The van der Waals surface area contributed by atoms with Gasteiger partial charge in [-0.3, -0.25) is 4.79 Å². The molecule has 0 unspecified atom stereocenters. The van der Waals surface area contributed by atoms with Crippen LogP contribution in [0.5, 0.6) is 17.2 Å². The third-order valence-electron chi connectivity index (χ3n) is 5.59. The Morgan fingerprint density at radius 3 is 2.24 bits per heavy atom. The summed E-state index contributed by atoms with van der Waals surface area (Å²) in [5.41, 5.74) is 3.54. The molecular formula is C31H25ClO5. The fourth-order valence-corrected chi connectivity index (χ4v) is 3.74. The smallest absolute Gasteiger partial charge is 0.336 e. The van der Waals surface area contributed by atoms with Crippen molar-refractivity contribution in [1.29, 1.82) is 0 Å². The van der Waals surface area contributed by atoms with Crippen molar-refractivity contribution < 1.29 is 23.8 Å². The topological polar surface area (TPSA) is 61.8 Å². The molecule has 0 N–H and O–H groups in total. The van der Waals surface area contributed by atoms with Gasteiger partial charge in [0, 0.05) is 22.2 Å². The summed E-state index contributed by atoms with van der Waals surface area (Å²) in [5.74, 6) is 0.892. The van der Waals surface area contributed by atoms with Gasteiger partial charge in [0.2, 0.25) is 0 Å². The van der Waals surface area contributed by atoms with E-state index in [-0.39, 0.29) is 5.78 Å². The van der Waals surface area contributed by atoms with Crippen LogP contribution in [0.4, 0.5) is 0 Å². The van der Waals surface area contributed by atoms with Gasteiger partial charge in [-0.1, -0.05) is 60.1 Å². The molecule has 0 aliphatic heterocycles. The number of ketones is 1. The van der Waals surface area contributed by atoms with E-state index in [1.807, 2.05) is 48.5 Å². The number of hydrogen-bond donors (Lipinski definition) is 0. The van der Waals surface area contributed by atoms with Crippen molar-refractivity contribution in [3.05, 3.63) is 130 Å². The van der Waals surface area contributed by atoms with E-state index in [4.69, 9.17) is 25.8 Å². The Bertz CT molecular complexity index is 1430. The van der Waals surface area contributed by atoms with Crippen LogP contribution in [0.1, 0.15) is 32.6 Å². The minimum absolute atomic E-state index is 0.0870. The van der Waals surface area contributed by atoms with Crippen molar-refractivity contribution in [2.24, 2.45) is 0 Å². The fraction of sp³-hybridized carbons (Fsp3) is 0.0968. The molecule has 0 saturated carbocycles. The second-order valence-corrected chi connectivity index (χ2v) is 8.69. The van der Waals surface area contributed by atoms with Gasteiger partial charge in [0.05, 0.1) is 7.11 Å². The lowest BCUT2D eigenvalue weighted by Crippen LogP contribution is -2.06. The molecule has 0 bridgehead atoms. The number of aryl methyl sites for hydroxylation is 1. The number of carbonyl (C=O) groups is 2. The molecule has 37 heavy (non-hydrogen) atoms. The summed E-state index contributed by atoms with van der Waals surface area (Å²) in [6, 6.07) is 26.8. The normalized spacial score (nSPS) is 10.8. The number of carbonyl (C=O) groups excluding carboxylic acids is 2. The van der Waals surface area contributed by atoms with Gasteiger partial charge in [-0.05, 0) is 72.2 Å². The quantitative estimate of drug-likeness (QED) is 0.104. The molecule has 0 aromatic heterocycles. The first kappa shape index (κ1) is 25.7. The highest BCUT2D eigenvalue weighted by Crippen LogP contribution is 2.29. The molecule has 0 aliphatic carbocycles. The molecule has 4 aromatic rings. The first-order valence-electron chi connectivity index (χ1n) is 11.6. The van der Waals surface area contributed by atoms with Gasteiger partial charge in [-0.25, -0.2) is 4.79 Å². The molecule has 5 nitrogen and oxygen atoms in total. The summed E-state index contributed by atoms with van der Waals surface area (Å²) in [6.07, 6.45) is 2.97. The van der Waals surface area contributed by atoms with Gasteiger partial charge in [-0.2, -0.15) is 0 Å². The van der Waals surface area contributed by atoms with Crippen LogP contribution in [-0.4, -0.2) is 18.9 Å². The zero-order valence-corrected chi connectivity index (χ0v) is 21.2. The molecule has 4 aromatic carbocycles. The Kier molecular flexibility index (Phi) is 8.39. The van der Waals surface area contributed by atoms with Gasteiger partial charge < -0.3 is 14.2 Å². The monoisotopic (exact) mass is 512 g/mol. The number of esters is 1. The Labute approximate surface area is 220 Å². The third kappa shape index (κ3) is 6.87. The van der Waals surface area contributed by atoms with Crippen molar-refractivity contribution in [1.82, 2.24) is 0 Å². The lowest BCUT2D eigenvalue weighted by Gasteiger charge is -2.11. The lowest BCUT2D eigenvalue weighted by atomic mass is 10.0. The van der Waals surface area contributed by atoms with E-state index in [0.717, 1.165) is 11.1 Å². The number of rotatable bonds is 9. The third-order valence-corrected chi connectivity index (χ3v) is 5.84. The first-order chi connectivity index (χ1) is 17.9. The summed E-state index contributed by atoms with van der Waals surface area (Å²) < 4.78 is 16.8. The Hall–Kier alpha value is -4.35. The van der Waals surface area contributed by atoms with Crippen LogP contribution in [0, 0.1) is 6.92 Å². The molecular weight excluding hydrogens is 488 g/mol. The Balaban J connectivity index is 1.38. The molecule has 186 valence electrons. The second-order valence-electron chi connectivity index (χ2n) is 8.26. The largest absolute Gasteiger partial charge is 0.493 e. The average Bonchev–Trinajstić information content (AvgIpc) is 2.93. The molecule has 6 heteroatoms. The minimum Gasteiger partial charge on any atom is -0.493 e. The maximum atomic E-state index is 12.7. The van der Waals surface area contributed by atoms with E-state index < -0.39 is 5.97 Å². The van der Waals surface area contributed by atoms with Crippen molar-refractivity contribution in [2.45, 2.75) is 13.5 Å². The molecule has 0 atom stereocenters. The maximum Gasteiger partial charge on any atom is 0.336 e. The summed E-state index contributed by atoms with van der Waals surface area (Å²) in [5, 5.41) is 0.668. The summed E-state index contributed by atoms with van der Waals surface area (Å²) in [7, 11) is 1.56. The van der Waals surface area contributed by atoms with Crippen LogP contribution in [-0.2, 0) is 11.4 Å². The standard InChI is InChI=1S/C31H25ClO5/c1-21-18-25(31(34)24-6-4-3-5-7-24)12-16-27(21)37-30(33)17-11-22-10-15-28(29(19-22)35-2)36-20-23-8-13-26(32)14-9-23/h3-19H,20H2,1-2H3/b17-11+. The highest BCUT2D eigenvalue weighted by molar-refractivity contribution is 6.30. The molecule has 0 aliphatic rings. The van der Waals surface area contributed by atoms with Gasteiger partial charge in [0.1, 0.15) is 12.4 Å². The molecule has 0 radical (unpaired) electrons. The summed E-state index contributed by atoms with van der Waals surface area (Å²) >= 11 is 5.93. The fourth-order valence-electron chi connectivity index (χ4n) is 3.62. The predicted molar refractivity (Wildman–Crippen MR) is 145 cm³/mol. The maximum absolute atomic E-state index is 12.7. The zero-order valence-electron chi connectivity index (χ0n) is 20.4. The van der Waals surface area contributed by atoms with E-state index in [2.05, 4.69) is 0 Å². The Morgan fingerprint density at radius 2 is 1.54 bits per heavy atom. The predicted octanol–water partition coefficient (Wildman–Crippen LogP) is 7.09. The van der Waals surface area contributed by atoms with Crippen LogP contribution >= 0.6 is 11.6 Å². The van der Waals surface area contributed by atoms with Gasteiger partial charge >= 0.3 is 5.97 Å². The number of ether oxygens (including phenoxy) is 3. The molecule has 0 heterocycles. The summed E-state index contributed by atoms with van der Waals surface area (Å²) in [4.78, 5) is 25.1. The summed E-state index contributed by atoms with van der Waals surface area (Å²) in [6.45, 7) is 2.16. The highest BCUT2D eigenvalue weighted by atomic mass is 35.5. The zero-order chi connectivity index (χ0) is 26.2. The molecule has 4 rings (SSSR count). The van der Waals surface area contributed by atoms with Crippen molar-refractivity contribution in [2.75, 3.05) is 7.11 Å². The van der Waals surface area contributed by atoms with E-state index >= 15 is 0 Å². The van der Waals surface area contributed by atoms with E-state index in [0.29, 0.717) is 45.6 Å². The van der Waals surface area contributed by atoms with Crippen LogP contribution in [0.2, 0.25) is 5.02 Å². The number of benzene rings is 4. The molecule has 0 spiro atoms. The second kappa shape index (κ2) is 12.1. The molecule has 0 saturated heterocycles. The lowest BCUT2D eigenvalue weighted by molar-refractivity contribution is -0.128. The van der Waals surface area contributed by atoms with Gasteiger partial charge in [0.25, 0.3) is 0 Å². The first-order valence-corrected chi connectivity index (χ1v) is 12.0. The average molecular weight is 513 g/mol. The van der Waals surface area contributed by atoms with Crippen molar-refractivity contribution in [3.8, 4) is 17.2 Å². The highest BCUT2D eigenvalue weighted by Gasteiger charge is 2.12. The minimum atomic E-state index is -0.535. The molecule has 0 amide bonds. The van der Waals surface area contributed by atoms with Gasteiger partial charge in [-0.15, -0.1) is 0 Å². The van der Waals surface area contributed by atoms with Gasteiger partial charge in [0.15, 0.2) is 17.3 Å². The Morgan fingerprint density at radius 1 is 0.811 bits per heavy atom. The molecule has 0 fully saturated rings. The van der Waals surface area contributed by atoms with Crippen LogP contribution < -0.4 is 14.2 Å². The van der Waals surface area contributed by atoms with Crippen molar-refractivity contribution >= 4 is 29.4 Å². The van der Waals surface area contributed by atoms with E-state index in [1.165, 1.54) is 6.08 Å². The van der Waals surface area contributed by atoms with Crippen molar-refractivity contribution in [3.63, 3.8) is 0 Å². The number of hydrogen-bond acceptors (Lipinski definition) is 5.